The van der Waals surface area contributed by atoms with E-state index in [2.05, 4.69) is 5.32 Å². The number of halogens is 1. The van der Waals surface area contributed by atoms with Crippen LogP contribution in [-0.2, 0) is 6.42 Å². The monoisotopic (exact) mass is 317 g/mol. The van der Waals surface area contributed by atoms with Gasteiger partial charge in [0.25, 0.3) is 0 Å². The molecule has 0 aliphatic rings. The van der Waals surface area contributed by atoms with Crippen LogP contribution in [0.15, 0.2) is 48.5 Å². The fraction of sp³-hybridized carbons (Fsp3) is 0.368. The number of methoxy groups -OCH3 is 1. The topological polar surface area (TPSA) is 41.5 Å². The van der Waals surface area contributed by atoms with Crippen LogP contribution >= 0.6 is 0 Å². The summed E-state index contributed by atoms with van der Waals surface area (Å²) in [6, 6.07) is 14.1. The predicted octanol–water partition coefficient (Wildman–Crippen LogP) is 3.48. The van der Waals surface area contributed by atoms with E-state index in [4.69, 9.17) is 4.74 Å². The Morgan fingerprint density at radius 2 is 1.91 bits per heavy atom. The number of aliphatic hydroxyl groups excluding tert-OH is 1. The van der Waals surface area contributed by atoms with Gasteiger partial charge in [-0.3, -0.25) is 0 Å². The molecule has 2 N–H and O–H groups in total. The molecule has 124 valence electrons. The molecule has 0 aliphatic heterocycles. The standard InChI is InChI=1S/C19H24FNO2/c1-19(2,18(22)15-8-6-9-16(13-15)23-3)21-12-11-14-7-4-5-10-17(14)20/h4-10,13,18,21-22H,11-12H2,1-3H3. The number of rotatable bonds is 7. The van der Waals surface area contributed by atoms with Crippen LogP contribution in [0.4, 0.5) is 4.39 Å². The molecule has 0 saturated heterocycles. The summed E-state index contributed by atoms with van der Waals surface area (Å²) in [5.74, 6) is 0.518. The summed E-state index contributed by atoms with van der Waals surface area (Å²) in [6.45, 7) is 4.44. The third-order valence-electron chi connectivity index (χ3n) is 4.03. The van der Waals surface area contributed by atoms with Crippen molar-refractivity contribution in [3.05, 3.63) is 65.5 Å². The molecule has 1 unspecified atom stereocenters. The van der Waals surface area contributed by atoms with Gasteiger partial charge in [-0.25, -0.2) is 4.39 Å². The Morgan fingerprint density at radius 1 is 1.17 bits per heavy atom. The third kappa shape index (κ3) is 4.53. The highest BCUT2D eigenvalue weighted by atomic mass is 19.1. The van der Waals surface area contributed by atoms with Crippen LogP contribution < -0.4 is 10.1 Å². The molecule has 2 aromatic rings. The molecule has 0 aliphatic carbocycles. The summed E-state index contributed by atoms with van der Waals surface area (Å²) < 4.78 is 18.8. The van der Waals surface area contributed by atoms with Crippen LogP contribution in [0, 0.1) is 5.82 Å². The summed E-state index contributed by atoms with van der Waals surface area (Å²) in [7, 11) is 1.60. The van der Waals surface area contributed by atoms with Crippen LogP contribution in [0.3, 0.4) is 0 Å². The minimum atomic E-state index is -0.696. The fourth-order valence-electron chi connectivity index (χ4n) is 2.55. The zero-order valence-corrected chi connectivity index (χ0v) is 13.8. The van der Waals surface area contributed by atoms with Crippen molar-refractivity contribution in [2.45, 2.75) is 31.9 Å². The van der Waals surface area contributed by atoms with Crippen LogP contribution in [0.5, 0.6) is 5.75 Å². The van der Waals surface area contributed by atoms with Gasteiger partial charge in [0.05, 0.1) is 13.2 Å². The molecule has 2 rings (SSSR count). The zero-order chi connectivity index (χ0) is 16.9. The second-order valence-corrected chi connectivity index (χ2v) is 6.17. The first-order valence-electron chi connectivity index (χ1n) is 7.74. The van der Waals surface area contributed by atoms with E-state index in [-0.39, 0.29) is 5.82 Å². The highest BCUT2D eigenvalue weighted by molar-refractivity contribution is 5.31. The molecule has 4 heteroatoms. The Balaban J connectivity index is 1.98. The van der Waals surface area contributed by atoms with Gasteiger partial charge in [-0.2, -0.15) is 0 Å². The number of benzene rings is 2. The molecule has 0 radical (unpaired) electrons. The lowest BCUT2D eigenvalue weighted by Crippen LogP contribution is -2.45. The number of aliphatic hydroxyl groups is 1. The molecule has 2 aromatic carbocycles. The van der Waals surface area contributed by atoms with E-state index < -0.39 is 11.6 Å². The normalized spacial score (nSPS) is 12.9. The van der Waals surface area contributed by atoms with Crippen molar-refractivity contribution < 1.29 is 14.2 Å². The van der Waals surface area contributed by atoms with E-state index in [1.165, 1.54) is 6.07 Å². The first kappa shape index (κ1) is 17.4. The molecule has 0 spiro atoms. The summed E-state index contributed by atoms with van der Waals surface area (Å²) in [5.41, 5.74) is 0.914. The highest BCUT2D eigenvalue weighted by Gasteiger charge is 2.28. The van der Waals surface area contributed by atoms with Gasteiger partial charge < -0.3 is 15.2 Å². The molecule has 0 amide bonds. The van der Waals surface area contributed by atoms with Gasteiger partial charge in [0.15, 0.2) is 0 Å². The van der Waals surface area contributed by atoms with Crippen molar-refractivity contribution in [1.82, 2.24) is 5.32 Å². The molecule has 0 fully saturated rings. The quantitative estimate of drug-likeness (QED) is 0.821. The minimum Gasteiger partial charge on any atom is -0.497 e. The van der Waals surface area contributed by atoms with Gasteiger partial charge in [-0.15, -0.1) is 0 Å². The molecule has 0 aromatic heterocycles. The van der Waals surface area contributed by atoms with E-state index in [1.54, 1.807) is 19.2 Å². The van der Waals surface area contributed by atoms with Crippen molar-refractivity contribution >= 4 is 0 Å². The molecule has 0 saturated carbocycles. The number of nitrogens with one attached hydrogen (secondary N) is 1. The van der Waals surface area contributed by atoms with Gasteiger partial charge in [-0.05, 0) is 56.1 Å². The maximum atomic E-state index is 13.6. The molecule has 23 heavy (non-hydrogen) atoms. The van der Waals surface area contributed by atoms with Gasteiger partial charge in [0.2, 0.25) is 0 Å². The van der Waals surface area contributed by atoms with E-state index in [9.17, 15) is 9.50 Å². The fourth-order valence-corrected chi connectivity index (χ4v) is 2.55. The number of hydrogen-bond donors (Lipinski definition) is 2. The molecule has 3 nitrogen and oxygen atoms in total. The van der Waals surface area contributed by atoms with Crippen molar-refractivity contribution in [2.24, 2.45) is 0 Å². The molecular formula is C19H24FNO2. The largest absolute Gasteiger partial charge is 0.497 e. The number of ether oxygens (including phenoxy) is 1. The summed E-state index contributed by atoms with van der Waals surface area (Å²) >= 11 is 0. The lowest BCUT2D eigenvalue weighted by Gasteiger charge is -2.32. The Bertz CT molecular complexity index is 643. The minimum absolute atomic E-state index is 0.194. The van der Waals surface area contributed by atoms with E-state index in [0.717, 1.165) is 5.56 Å². The summed E-state index contributed by atoms with van der Waals surface area (Å²) in [4.78, 5) is 0. The van der Waals surface area contributed by atoms with Gasteiger partial charge in [0, 0.05) is 5.54 Å². The van der Waals surface area contributed by atoms with Crippen LogP contribution in [-0.4, -0.2) is 24.3 Å². The Morgan fingerprint density at radius 3 is 2.61 bits per heavy atom. The van der Waals surface area contributed by atoms with Crippen molar-refractivity contribution in [1.29, 1.82) is 0 Å². The zero-order valence-electron chi connectivity index (χ0n) is 13.8. The van der Waals surface area contributed by atoms with Crippen molar-refractivity contribution in [2.75, 3.05) is 13.7 Å². The second kappa shape index (κ2) is 7.57. The summed E-state index contributed by atoms with van der Waals surface area (Å²) in [6.07, 6.45) is -0.126. The Hall–Kier alpha value is -1.91. The van der Waals surface area contributed by atoms with E-state index >= 15 is 0 Å². The second-order valence-electron chi connectivity index (χ2n) is 6.17. The molecule has 1 atom stereocenters. The van der Waals surface area contributed by atoms with Gasteiger partial charge >= 0.3 is 0 Å². The Labute approximate surface area is 137 Å². The van der Waals surface area contributed by atoms with Crippen LogP contribution in [0.25, 0.3) is 0 Å². The Kier molecular flexibility index (Phi) is 5.74. The number of hydrogen-bond acceptors (Lipinski definition) is 3. The predicted molar refractivity (Wildman–Crippen MR) is 90.1 cm³/mol. The highest BCUT2D eigenvalue weighted by Crippen LogP contribution is 2.27. The first-order chi connectivity index (χ1) is 10.9. The van der Waals surface area contributed by atoms with Gasteiger partial charge in [-0.1, -0.05) is 30.3 Å². The van der Waals surface area contributed by atoms with Crippen molar-refractivity contribution in [3.63, 3.8) is 0 Å². The first-order valence-corrected chi connectivity index (χ1v) is 7.74. The van der Waals surface area contributed by atoms with Crippen molar-refractivity contribution in [3.8, 4) is 5.75 Å². The molecule has 0 bridgehead atoms. The maximum absolute atomic E-state index is 13.6. The average molecular weight is 317 g/mol. The smallest absolute Gasteiger partial charge is 0.126 e. The van der Waals surface area contributed by atoms with E-state index in [0.29, 0.717) is 24.3 Å². The SMILES string of the molecule is COc1cccc(C(O)C(C)(C)NCCc2ccccc2F)c1. The molecular weight excluding hydrogens is 293 g/mol. The van der Waals surface area contributed by atoms with Crippen LogP contribution in [0.1, 0.15) is 31.1 Å². The lowest BCUT2D eigenvalue weighted by atomic mass is 9.91. The third-order valence-corrected chi connectivity index (χ3v) is 4.03. The van der Waals surface area contributed by atoms with E-state index in [1.807, 2.05) is 44.2 Å². The van der Waals surface area contributed by atoms with Crippen LogP contribution in [0.2, 0.25) is 0 Å². The molecule has 0 heterocycles. The van der Waals surface area contributed by atoms with Gasteiger partial charge in [0.1, 0.15) is 11.6 Å². The average Bonchev–Trinajstić information content (AvgIpc) is 2.56. The summed E-state index contributed by atoms with van der Waals surface area (Å²) in [5, 5.41) is 13.9. The lowest BCUT2D eigenvalue weighted by molar-refractivity contribution is 0.0805. The maximum Gasteiger partial charge on any atom is 0.126 e.